The molecule has 1 heterocycles. The van der Waals surface area contributed by atoms with Gasteiger partial charge in [-0.3, -0.25) is 4.79 Å². The van der Waals surface area contributed by atoms with E-state index in [1.165, 1.54) is 12.0 Å². The number of carbonyl (C=O) groups excluding carboxylic acids is 1. The lowest BCUT2D eigenvalue weighted by Gasteiger charge is -2.16. The molecule has 0 radical (unpaired) electrons. The molecular weight excluding hydrogens is 193 g/mol. The van der Waals surface area contributed by atoms with Crippen molar-refractivity contribution >= 4 is 18.1 Å². The molecule has 2 unspecified atom stereocenters. The predicted molar refractivity (Wildman–Crippen MR) is 52.0 cm³/mol. The van der Waals surface area contributed by atoms with E-state index in [1.807, 2.05) is 13.8 Å². The molecule has 13 heavy (non-hydrogen) atoms. The number of hydrogen-bond acceptors (Lipinski definition) is 3. The van der Waals surface area contributed by atoms with Crippen molar-refractivity contribution < 1.29 is 13.4 Å². The average molecular weight is 209 g/mol. The largest absolute Gasteiger partial charge is 0.361 e. The SMILES string of the molecule is CC.COC1CC(SF)C(=O)N1C. The van der Waals surface area contributed by atoms with E-state index < -0.39 is 5.25 Å². The second-order valence-electron chi connectivity index (χ2n) is 2.45. The Balaban J connectivity index is 0.000000671. The van der Waals surface area contributed by atoms with Gasteiger partial charge in [-0.15, -0.1) is 0 Å². The monoisotopic (exact) mass is 209 g/mol. The second kappa shape index (κ2) is 6.21. The highest BCUT2D eigenvalue weighted by molar-refractivity contribution is 7.95. The third kappa shape index (κ3) is 2.84. The topological polar surface area (TPSA) is 29.5 Å². The Labute approximate surface area is 82.9 Å². The first-order valence-corrected chi connectivity index (χ1v) is 5.05. The molecule has 1 aliphatic rings. The smallest absolute Gasteiger partial charge is 0.240 e. The van der Waals surface area contributed by atoms with Gasteiger partial charge < -0.3 is 9.64 Å². The molecule has 1 fully saturated rings. The van der Waals surface area contributed by atoms with E-state index in [4.69, 9.17) is 4.74 Å². The van der Waals surface area contributed by atoms with Crippen LogP contribution in [0, 0.1) is 0 Å². The summed E-state index contributed by atoms with van der Waals surface area (Å²) in [7, 11) is 3.13. The summed E-state index contributed by atoms with van der Waals surface area (Å²) in [5.74, 6) is -0.190. The molecule has 0 aromatic heterocycles. The summed E-state index contributed by atoms with van der Waals surface area (Å²) < 4.78 is 17.0. The minimum absolute atomic E-state index is 0.0922. The van der Waals surface area contributed by atoms with Gasteiger partial charge in [0.05, 0.1) is 12.1 Å². The number of hydrogen-bond donors (Lipinski definition) is 0. The second-order valence-corrected chi connectivity index (χ2v) is 3.20. The summed E-state index contributed by atoms with van der Waals surface area (Å²) in [6.07, 6.45) is 0.184. The predicted octanol–water partition coefficient (Wildman–Crippen LogP) is 1.83. The third-order valence-corrected chi connectivity index (χ3v) is 2.46. The fourth-order valence-corrected chi connectivity index (χ4v) is 1.62. The summed E-state index contributed by atoms with van der Waals surface area (Å²) in [4.78, 5) is 12.5. The van der Waals surface area contributed by atoms with Crippen LogP contribution in [0.15, 0.2) is 0 Å². The summed E-state index contributed by atoms with van der Waals surface area (Å²) in [5, 5.41) is -0.565. The maximum atomic E-state index is 12.0. The van der Waals surface area contributed by atoms with E-state index in [-0.39, 0.29) is 24.3 Å². The zero-order chi connectivity index (χ0) is 10.4. The lowest BCUT2D eigenvalue weighted by Crippen LogP contribution is -2.30. The van der Waals surface area contributed by atoms with E-state index in [9.17, 15) is 8.68 Å². The van der Waals surface area contributed by atoms with Crippen molar-refractivity contribution in [3.05, 3.63) is 0 Å². The van der Waals surface area contributed by atoms with E-state index in [0.29, 0.717) is 6.42 Å². The maximum absolute atomic E-state index is 12.0. The first-order chi connectivity index (χ1) is 6.20. The van der Waals surface area contributed by atoms with Gasteiger partial charge in [-0.05, 0) is 0 Å². The van der Waals surface area contributed by atoms with Crippen molar-refractivity contribution in [2.45, 2.75) is 31.7 Å². The van der Waals surface area contributed by atoms with Crippen molar-refractivity contribution in [1.82, 2.24) is 4.90 Å². The van der Waals surface area contributed by atoms with Gasteiger partial charge in [-0.1, -0.05) is 13.8 Å². The molecule has 5 heteroatoms. The van der Waals surface area contributed by atoms with Crippen LogP contribution in [-0.4, -0.2) is 36.4 Å². The zero-order valence-corrected chi connectivity index (χ0v) is 9.23. The number of likely N-dealkylation sites (tertiary alicyclic amines) is 1. The summed E-state index contributed by atoms with van der Waals surface area (Å²) >= 11 is 0.0922. The average Bonchev–Trinajstić information content (AvgIpc) is 2.47. The number of nitrogens with zero attached hydrogens (tertiary/aromatic N) is 1. The van der Waals surface area contributed by atoms with Crippen LogP contribution in [0.5, 0.6) is 0 Å². The van der Waals surface area contributed by atoms with Gasteiger partial charge in [0.2, 0.25) is 5.91 Å². The summed E-state index contributed by atoms with van der Waals surface area (Å²) in [5.41, 5.74) is 0. The molecule has 1 saturated heterocycles. The van der Waals surface area contributed by atoms with E-state index in [0.717, 1.165) is 0 Å². The van der Waals surface area contributed by atoms with Crippen molar-refractivity contribution in [2.75, 3.05) is 14.2 Å². The van der Waals surface area contributed by atoms with Crippen LogP contribution >= 0.6 is 12.1 Å². The third-order valence-electron chi connectivity index (χ3n) is 1.85. The molecule has 0 aromatic carbocycles. The van der Waals surface area contributed by atoms with Crippen LogP contribution in [0.1, 0.15) is 20.3 Å². The lowest BCUT2D eigenvalue weighted by molar-refractivity contribution is -0.132. The number of ether oxygens (including phenoxy) is 1. The van der Waals surface area contributed by atoms with E-state index >= 15 is 0 Å². The summed E-state index contributed by atoms with van der Waals surface area (Å²) in [6.45, 7) is 4.00. The minimum Gasteiger partial charge on any atom is -0.361 e. The summed E-state index contributed by atoms with van der Waals surface area (Å²) in [6, 6.07) is 0. The molecule has 0 bridgehead atoms. The number of methoxy groups -OCH3 is 1. The van der Waals surface area contributed by atoms with E-state index in [2.05, 4.69) is 0 Å². The molecule has 1 amide bonds. The highest BCUT2D eigenvalue weighted by Crippen LogP contribution is 2.28. The first-order valence-electron chi connectivity index (χ1n) is 4.27. The maximum Gasteiger partial charge on any atom is 0.240 e. The number of halogens is 1. The fraction of sp³-hybridized carbons (Fsp3) is 0.875. The molecule has 0 spiro atoms. The van der Waals surface area contributed by atoms with E-state index in [1.54, 1.807) is 7.05 Å². The minimum atomic E-state index is -0.565. The van der Waals surface area contributed by atoms with Gasteiger partial charge in [0.1, 0.15) is 11.5 Å². The molecular formula is C8H16FNO2S. The number of carbonyl (C=O) groups is 1. The molecule has 3 nitrogen and oxygen atoms in total. The van der Waals surface area contributed by atoms with Gasteiger partial charge >= 0.3 is 0 Å². The Morgan fingerprint density at radius 2 is 2.15 bits per heavy atom. The first kappa shape index (κ1) is 12.7. The number of amides is 1. The lowest BCUT2D eigenvalue weighted by atomic mass is 10.3. The zero-order valence-electron chi connectivity index (χ0n) is 8.41. The molecule has 0 aliphatic carbocycles. The van der Waals surface area contributed by atoms with Crippen molar-refractivity contribution in [1.29, 1.82) is 0 Å². The standard InChI is InChI=1S/C6H10FNO2S.C2H6/c1-8-5(10-2)3-4(11-7)6(8)9;1-2/h4-5H,3H2,1-2H3;1-2H3. The van der Waals surface area contributed by atoms with Crippen molar-refractivity contribution in [3.63, 3.8) is 0 Å². The Morgan fingerprint density at radius 3 is 2.38 bits per heavy atom. The molecule has 78 valence electrons. The molecule has 2 atom stereocenters. The Morgan fingerprint density at radius 1 is 1.62 bits per heavy atom. The molecule has 0 N–H and O–H groups in total. The number of rotatable bonds is 2. The van der Waals surface area contributed by atoms with Gasteiger partial charge in [0.25, 0.3) is 0 Å². The van der Waals surface area contributed by atoms with Gasteiger partial charge in [-0.25, -0.2) is 0 Å². The van der Waals surface area contributed by atoms with Crippen LogP contribution in [0.3, 0.4) is 0 Å². The highest BCUT2D eigenvalue weighted by atomic mass is 32.2. The van der Waals surface area contributed by atoms with Crippen LogP contribution in [0.4, 0.5) is 3.89 Å². The Kier molecular flexibility index (Phi) is 6.07. The van der Waals surface area contributed by atoms with Gasteiger partial charge in [-0.2, -0.15) is 3.89 Å². The van der Waals surface area contributed by atoms with Gasteiger partial charge in [0.15, 0.2) is 0 Å². The Bertz CT molecular complexity index is 164. The normalized spacial score (nSPS) is 27.2. The van der Waals surface area contributed by atoms with Crippen molar-refractivity contribution in [2.24, 2.45) is 0 Å². The van der Waals surface area contributed by atoms with Gasteiger partial charge in [0, 0.05) is 20.6 Å². The molecule has 1 aliphatic heterocycles. The molecule has 1 rings (SSSR count). The molecule has 0 aromatic rings. The van der Waals surface area contributed by atoms with Crippen molar-refractivity contribution in [3.8, 4) is 0 Å². The fourth-order valence-electron chi connectivity index (χ4n) is 1.14. The van der Waals surface area contributed by atoms with Crippen LogP contribution < -0.4 is 0 Å². The molecule has 0 saturated carbocycles. The van der Waals surface area contributed by atoms with Crippen LogP contribution in [-0.2, 0) is 9.53 Å². The van der Waals surface area contributed by atoms with Crippen LogP contribution in [0.25, 0.3) is 0 Å². The highest BCUT2D eigenvalue weighted by Gasteiger charge is 2.38. The quantitative estimate of drug-likeness (QED) is 0.695. The van der Waals surface area contributed by atoms with Crippen LogP contribution in [0.2, 0.25) is 0 Å². The Hall–Kier alpha value is -0.290.